The minimum atomic E-state index is 0.234. The van der Waals surface area contributed by atoms with E-state index in [2.05, 4.69) is 29.9 Å². The lowest BCUT2D eigenvalue weighted by Crippen LogP contribution is -2.15. The molecule has 0 amide bonds. The van der Waals surface area contributed by atoms with E-state index in [4.69, 9.17) is 18.0 Å². The van der Waals surface area contributed by atoms with Gasteiger partial charge in [0.05, 0.1) is 6.54 Å². The van der Waals surface area contributed by atoms with E-state index in [0.717, 1.165) is 5.69 Å². The van der Waals surface area contributed by atoms with Gasteiger partial charge in [0.2, 0.25) is 12.3 Å². The summed E-state index contributed by atoms with van der Waals surface area (Å²) in [5.41, 5.74) is 6.82. The number of thiocarbonyl (C=S) groups is 1. The Morgan fingerprint density at radius 2 is 2.35 bits per heavy atom. The van der Waals surface area contributed by atoms with Gasteiger partial charge in [-0.05, 0) is 13.0 Å². The molecule has 0 atom stereocenters. The highest BCUT2D eigenvalue weighted by atomic mass is 32.1. The number of nitrogens with two attached hydrogens (primary N) is 1. The minimum absolute atomic E-state index is 0.234. The molecule has 0 radical (unpaired) electrons. The van der Waals surface area contributed by atoms with Crippen molar-refractivity contribution in [1.29, 1.82) is 0 Å². The van der Waals surface area contributed by atoms with Gasteiger partial charge in [-0.15, -0.1) is 0 Å². The van der Waals surface area contributed by atoms with Crippen LogP contribution in [0.15, 0.2) is 17.0 Å². The molecule has 2 rings (SSSR count). The van der Waals surface area contributed by atoms with E-state index in [1.165, 1.54) is 6.39 Å². The van der Waals surface area contributed by atoms with Gasteiger partial charge in [0.1, 0.15) is 10.7 Å². The normalized spacial score (nSPS) is 10.2. The summed E-state index contributed by atoms with van der Waals surface area (Å²) in [6.07, 6.45) is 1.26. The van der Waals surface area contributed by atoms with Gasteiger partial charge in [-0.2, -0.15) is 4.98 Å². The van der Waals surface area contributed by atoms with E-state index in [9.17, 15) is 0 Å². The van der Waals surface area contributed by atoms with E-state index in [1.54, 1.807) is 6.07 Å². The van der Waals surface area contributed by atoms with Crippen LogP contribution in [0.1, 0.15) is 17.2 Å². The molecule has 2 aromatic heterocycles. The van der Waals surface area contributed by atoms with Crippen LogP contribution >= 0.6 is 12.2 Å². The molecular weight excluding hydrogens is 240 g/mol. The van der Waals surface area contributed by atoms with E-state index in [1.807, 2.05) is 6.92 Å². The Hall–Kier alpha value is -2.09. The summed E-state index contributed by atoms with van der Waals surface area (Å²) >= 11 is 4.87. The largest absolute Gasteiger partial charge is 0.388 e. The van der Waals surface area contributed by atoms with Crippen LogP contribution in [-0.4, -0.2) is 25.1 Å². The average molecular weight is 250 g/mol. The molecule has 0 unspecified atom stereocenters. The molecule has 88 valence electrons. The molecule has 3 N–H and O–H groups in total. The maximum Gasteiger partial charge on any atom is 0.223 e. The van der Waals surface area contributed by atoms with Crippen molar-refractivity contribution in [3.8, 4) is 0 Å². The Morgan fingerprint density at radius 3 is 3.00 bits per heavy atom. The van der Waals surface area contributed by atoms with E-state index >= 15 is 0 Å². The molecule has 0 spiro atoms. The monoisotopic (exact) mass is 250 g/mol. The van der Waals surface area contributed by atoms with Gasteiger partial charge in [0.15, 0.2) is 5.82 Å². The first-order valence-electron chi connectivity index (χ1n) is 4.80. The van der Waals surface area contributed by atoms with Crippen LogP contribution in [0.4, 0.5) is 5.95 Å². The molecule has 0 aliphatic heterocycles. The number of nitrogens with one attached hydrogen (secondary N) is 1. The molecule has 8 heteroatoms. The zero-order valence-electron chi connectivity index (χ0n) is 9.04. The molecule has 2 aromatic rings. The lowest BCUT2D eigenvalue weighted by atomic mass is 10.3. The molecular formula is C9H10N6OS. The van der Waals surface area contributed by atoms with Gasteiger partial charge in [0, 0.05) is 5.69 Å². The van der Waals surface area contributed by atoms with Crippen LogP contribution in [0.3, 0.4) is 0 Å². The van der Waals surface area contributed by atoms with Crippen molar-refractivity contribution in [1.82, 2.24) is 20.1 Å². The second kappa shape index (κ2) is 4.83. The fourth-order valence-corrected chi connectivity index (χ4v) is 1.31. The lowest BCUT2D eigenvalue weighted by Gasteiger charge is -2.05. The van der Waals surface area contributed by atoms with Crippen LogP contribution in [0.25, 0.3) is 0 Å². The third-order valence-electron chi connectivity index (χ3n) is 1.92. The number of nitrogens with zero attached hydrogens (tertiary/aromatic N) is 4. The molecule has 0 aliphatic carbocycles. The van der Waals surface area contributed by atoms with Crippen molar-refractivity contribution < 1.29 is 4.52 Å². The van der Waals surface area contributed by atoms with Gasteiger partial charge >= 0.3 is 0 Å². The SMILES string of the molecule is Cc1cc(C(N)=S)nc(NCc2ncon2)n1. The maximum atomic E-state index is 5.52. The number of hydrogen-bond acceptors (Lipinski definition) is 7. The van der Waals surface area contributed by atoms with Crippen molar-refractivity contribution in [2.75, 3.05) is 5.32 Å². The quantitative estimate of drug-likeness (QED) is 0.752. The summed E-state index contributed by atoms with van der Waals surface area (Å²) in [7, 11) is 0. The van der Waals surface area contributed by atoms with Crippen molar-refractivity contribution in [3.05, 3.63) is 29.7 Å². The third kappa shape index (κ3) is 2.94. The molecule has 2 heterocycles. The molecule has 0 fully saturated rings. The summed E-state index contributed by atoms with van der Waals surface area (Å²) in [5, 5.41) is 6.62. The zero-order chi connectivity index (χ0) is 12.3. The smallest absolute Gasteiger partial charge is 0.223 e. The van der Waals surface area contributed by atoms with Gasteiger partial charge < -0.3 is 15.6 Å². The van der Waals surface area contributed by atoms with E-state index in [-0.39, 0.29) is 4.99 Å². The first-order chi connectivity index (χ1) is 8.15. The summed E-state index contributed by atoms with van der Waals surface area (Å²) in [5.74, 6) is 0.949. The fraction of sp³-hybridized carbons (Fsp3) is 0.222. The van der Waals surface area contributed by atoms with Crippen molar-refractivity contribution in [2.24, 2.45) is 5.73 Å². The number of anilines is 1. The first-order valence-corrected chi connectivity index (χ1v) is 5.20. The Balaban J connectivity index is 2.13. The minimum Gasteiger partial charge on any atom is -0.388 e. The van der Waals surface area contributed by atoms with E-state index < -0.39 is 0 Å². The van der Waals surface area contributed by atoms with Crippen LogP contribution in [0, 0.1) is 6.92 Å². The molecule has 0 aromatic carbocycles. The highest BCUT2D eigenvalue weighted by Gasteiger charge is 2.05. The van der Waals surface area contributed by atoms with Crippen LogP contribution < -0.4 is 11.1 Å². The summed E-state index contributed by atoms with van der Waals surface area (Å²) in [6, 6.07) is 1.72. The van der Waals surface area contributed by atoms with E-state index in [0.29, 0.717) is 24.0 Å². The van der Waals surface area contributed by atoms with Crippen LogP contribution in [0.5, 0.6) is 0 Å². The summed E-state index contributed by atoms with van der Waals surface area (Å²) in [6.45, 7) is 2.21. The molecule has 0 bridgehead atoms. The zero-order valence-corrected chi connectivity index (χ0v) is 9.86. The van der Waals surface area contributed by atoms with Gasteiger partial charge in [0.25, 0.3) is 0 Å². The van der Waals surface area contributed by atoms with Crippen molar-refractivity contribution in [3.63, 3.8) is 0 Å². The number of aromatic nitrogens is 4. The molecule has 0 saturated heterocycles. The molecule has 0 aliphatic rings. The second-order valence-electron chi connectivity index (χ2n) is 3.28. The predicted octanol–water partition coefficient (Wildman–Crippen LogP) is 0.414. The highest BCUT2D eigenvalue weighted by molar-refractivity contribution is 7.80. The topological polar surface area (TPSA) is 103 Å². The first kappa shape index (κ1) is 11.4. The predicted molar refractivity (Wildman–Crippen MR) is 64.3 cm³/mol. The van der Waals surface area contributed by atoms with Gasteiger partial charge in [-0.1, -0.05) is 17.4 Å². The second-order valence-corrected chi connectivity index (χ2v) is 3.72. The number of rotatable bonds is 4. The Morgan fingerprint density at radius 1 is 1.53 bits per heavy atom. The standard InChI is InChI=1S/C9H10N6OS/c1-5-2-6(8(10)17)14-9(13-5)11-3-7-12-4-16-15-7/h2,4H,3H2,1H3,(H2,10,17)(H,11,13,14). The molecule has 17 heavy (non-hydrogen) atoms. The maximum absolute atomic E-state index is 5.52. The summed E-state index contributed by atoms with van der Waals surface area (Å²) in [4.78, 5) is 12.4. The Labute approximate surface area is 102 Å². The molecule has 0 saturated carbocycles. The van der Waals surface area contributed by atoms with Gasteiger partial charge in [-0.25, -0.2) is 9.97 Å². The summed E-state index contributed by atoms with van der Waals surface area (Å²) < 4.78 is 4.61. The fourth-order valence-electron chi connectivity index (χ4n) is 1.20. The van der Waals surface area contributed by atoms with Gasteiger partial charge in [-0.3, -0.25) is 0 Å². The Bertz CT molecular complexity index is 526. The average Bonchev–Trinajstić information content (AvgIpc) is 2.78. The lowest BCUT2D eigenvalue weighted by molar-refractivity contribution is 0.411. The number of aryl methyl sites for hydroxylation is 1. The highest BCUT2D eigenvalue weighted by Crippen LogP contribution is 2.05. The van der Waals surface area contributed by atoms with Crippen molar-refractivity contribution in [2.45, 2.75) is 13.5 Å². The van der Waals surface area contributed by atoms with Crippen LogP contribution in [0.2, 0.25) is 0 Å². The van der Waals surface area contributed by atoms with Crippen molar-refractivity contribution >= 4 is 23.2 Å². The third-order valence-corrected chi connectivity index (χ3v) is 2.13. The Kier molecular flexibility index (Phi) is 3.24. The number of hydrogen-bond donors (Lipinski definition) is 2. The molecule has 7 nitrogen and oxygen atoms in total. The van der Waals surface area contributed by atoms with Crippen LogP contribution in [-0.2, 0) is 6.54 Å².